The largest absolute Gasteiger partial charge is 0.129 e. The van der Waals surface area contributed by atoms with Gasteiger partial charge in [-0.3, -0.25) is 0 Å². The lowest BCUT2D eigenvalue weighted by atomic mass is 10.4. The van der Waals surface area contributed by atoms with Crippen LogP contribution in [0.4, 0.5) is 0 Å². The molecular formula is C6H9Si. The molecular weight excluding hydrogens is 100 g/mol. The Hall–Kier alpha value is -0.263. The Morgan fingerprint density at radius 2 is 1.71 bits per heavy atom. The van der Waals surface area contributed by atoms with Gasteiger partial charge in [0, 0.05) is 0 Å². The minimum Gasteiger partial charge on any atom is -0.129 e. The van der Waals surface area contributed by atoms with Crippen LogP contribution in [0.5, 0.6) is 0 Å². The number of rotatable bonds is 0. The summed E-state index contributed by atoms with van der Waals surface area (Å²) in [4.78, 5) is 0. The topological polar surface area (TPSA) is 0 Å². The molecule has 0 spiro atoms. The van der Waals surface area contributed by atoms with Crippen molar-refractivity contribution in [2.24, 2.45) is 0 Å². The monoisotopic (exact) mass is 109 g/mol. The van der Waals surface area contributed by atoms with Crippen LogP contribution in [-0.4, -0.2) is 10.2 Å². The van der Waals surface area contributed by atoms with Gasteiger partial charge in [-0.2, -0.15) is 0 Å². The minimum atomic E-state index is 1.06. The molecule has 0 amide bonds. The second kappa shape index (κ2) is 2.84. The first kappa shape index (κ1) is 6.74. The van der Waals surface area contributed by atoms with E-state index in [1.54, 1.807) is 0 Å². The highest BCUT2D eigenvalue weighted by Gasteiger charge is 1.69. The highest BCUT2D eigenvalue weighted by atomic mass is 28.1. The smallest absolute Gasteiger partial charge is 0.0764 e. The van der Waals surface area contributed by atoms with Crippen molar-refractivity contribution in [2.45, 2.75) is 20.8 Å². The zero-order valence-corrected chi connectivity index (χ0v) is 6.00. The highest BCUT2D eigenvalue weighted by Crippen LogP contribution is 1.86. The van der Waals surface area contributed by atoms with Crippen molar-refractivity contribution in [3.63, 3.8) is 0 Å². The van der Waals surface area contributed by atoms with Crippen LogP contribution in [0.3, 0.4) is 0 Å². The molecule has 0 rings (SSSR count). The summed E-state index contributed by atoms with van der Waals surface area (Å²) in [7, 11) is 3.30. The van der Waals surface area contributed by atoms with Crippen LogP contribution in [0.15, 0.2) is 16.5 Å². The normalized spacial score (nSPS) is 7.43. The van der Waals surface area contributed by atoms with Crippen LogP contribution in [-0.2, 0) is 0 Å². The van der Waals surface area contributed by atoms with Crippen molar-refractivity contribution in [2.75, 3.05) is 0 Å². The van der Waals surface area contributed by atoms with Crippen molar-refractivity contribution in [1.29, 1.82) is 0 Å². The van der Waals surface area contributed by atoms with Crippen molar-refractivity contribution in [3.05, 3.63) is 16.5 Å². The molecule has 0 saturated carbocycles. The zero-order valence-electron chi connectivity index (χ0n) is 5.00. The van der Waals surface area contributed by atoms with Crippen LogP contribution in [0, 0.1) is 0 Å². The summed E-state index contributed by atoms with van der Waals surface area (Å²) >= 11 is 0. The summed E-state index contributed by atoms with van der Waals surface area (Å²) in [5.41, 5.74) is 4.25. The van der Waals surface area contributed by atoms with E-state index in [1.807, 2.05) is 20.8 Å². The predicted octanol–water partition coefficient (Wildman–Crippen LogP) is 1.62. The van der Waals surface area contributed by atoms with Gasteiger partial charge in [-0.25, -0.2) is 0 Å². The first-order valence-electron chi connectivity index (χ1n) is 2.25. The van der Waals surface area contributed by atoms with Crippen LogP contribution in [0.25, 0.3) is 0 Å². The van der Waals surface area contributed by atoms with Gasteiger partial charge in [-0.15, -0.1) is 5.73 Å². The summed E-state index contributed by atoms with van der Waals surface area (Å²) in [6.45, 7) is 6.00. The van der Waals surface area contributed by atoms with E-state index >= 15 is 0 Å². The van der Waals surface area contributed by atoms with Gasteiger partial charge in [-0.1, -0.05) is 5.20 Å². The number of hydrogen-bond donors (Lipinski definition) is 0. The first-order valence-corrected chi connectivity index (χ1v) is 2.75. The lowest BCUT2D eigenvalue weighted by Gasteiger charge is -1.78. The standard InChI is InChI=1S/C6H9Si/c1-5(2)4-6(3)7/h1-3H3. The van der Waals surface area contributed by atoms with Crippen molar-refractivity contribution >= 4 is 10.2 Å². The number of allylic oxidation sites excluding steroid dienone is 1. The maximum absolute atomic E-state index is 3.30. The molecule has 0 aliphatic rings. The van der Waals surface area contributed by atoms with E-state index in [1.165, 1.54) is 5.57 Å². The summed E-state index contributed by atoms with van der Waals surface area (Å²) in [5.74, 6) is 0. The van der Waals surface area contributed by atoms with Crippen LogP contribution in [0.1, 0.15) is 20.8 Å². The molecule has 0 aromatic carbocycles. The lowest BCUT2D eigenvalue weighted by molar-refractivity contribution is 1.40. The zero-order chi connectivity index (χ0) is 5.86. The summed E-state index contributed by atoms with van der Waals surface area (Å²) in [6, 6.07) is 0. The van der Waals surface area contributed by atoms with E-state index in [9.17, 15) is 0 Å². The molecule has 0 heterocycles. The lowest BCUT2D eigenvalue weighted by Crippen LogP contribution is -1.65. The molecule has 3 radical (unpaired) electrons. The Bertz CT molecular complexity index is 96.1. The average Bonchev–Trinajstić information content (AvgIpc) is 1.27. The molecule has 0 aliphatic carbocycles. The molecule has 0 bridgehead atoms. The fraction of sp³-hybridized carbons (Fsp3) is 0.500. The molecule has 0 unspecified atom stereocenters. The van der Waals surface area contributed by atoms with Gasteiger partial charge in [0.2, 0.25) is 0 Å². The van der Waals surface area contributed by atoms with Gasteiger partial charge >= 0.3 is 0 Å². The molecule has 0 nitrogen and oxygen atoms in total. The molecule has 0 atom stereocenters. The van der Waals surface area contributed by atoms with E-state index in [4.69, 9.17) is 0 Å². The summed E-state index contributed by atoms with van der Waals surface area (Å²) < 4.78 is 0. The van der Waals surface area contributed by atoms with Crippen molar-refractivity contribution in [1.82, 2.24) is 0 Å². The Morgan fingerprint density at radius 1 is 1.29 bits per heavy atom. The van der Waals surface area contributed by atoms with E-state index in [2.05, 4.69) is 16.0 Å². The average molecular weight is 109 g/mol. The second-order valence-electron chi connectivity index (χ2n) is 1.75. The third-order valence-electron chi connectivity index (χ3n) is 0.438. The van der Waals surface area contributed by atoms with Crippen LogP contribution < -0.4 is 0 Å². The van der Waals surface area contributed by atoms with E-state index in [0.29, 0.717) is 0 Å². The highest BCUT2D eigenvalue weighted by molar-refractivity contribution is 6.21. The van der Waals surface area contributed by atoms with Gasteiger partial charge in [0.25, 0.3) is 0 Å². The Labute approximate surface area is 48.4 Å². The third kappa shape index (κ3) is 5.74. The van der Waals surface area contributed by atoms with Gasteiger partial charge in [0.1, 0.15) is 0 Å². The van der Waals surface area contributed by atoms with Crippen molar-refractivity contribution < 1.29 is 0 Å². The Balaban J connectivity index is 4.13. The fourth-order valence-corrected chi connectivity index (χ4v) is 0.625. The molecule has 0 aromatic rings. The molecule has 0 saturated heterocycles. The molecule has 7 heavy (non-hydrogen) atoms. The van der Waals surface area contributed by atoms with Gasteiger partial charge in [0.05, 0.1) is 10.2 Å². The molecule has 1 heteroatoms. The van der Waals surface area contributed by atoms with Gasteiger partial charge in [0.15, 0.2) is 0 Å². The van der Waals surface area contributed by atoms with Crippen LogP contribution in [0.2, 0.25) is 0 Å². The predicted molar refractivity (Wildman–Crippen MR) is 33.3 cm³/mol. The molecule has 0 N–H and O–H groups in total. The fourth-order valence-electron chi connectivity index (χ4n) is 0.375. The van der Waals surface area contributed by atoms with Crippen LogP contribution >= 0.6 is 0 Å². The summed E-state index contributed by atoms with van der Waals surface area (Å²) in [6.07, 6.45) is 0. The van der Waals surface area contributed by atoms with Gasteiger partial charge < -0.3 is 0 Å². The maximum atomic E-state index is 3.30. The minimum absolute atomic E-state index is 1.06. The van der Waals surface area contributed by atoms with Crippen molar-refractivity contribution in [3.8, 4) is 0 Å². The first-order chi connectivity index (χ1) is 3.13. The SMILES string of the molecule is CC(C)=C=C(C)[Si]. The third-order valence-corrected chi connectivity index (χ3v) is 0.562. The molecule has 0 fully saturated rings. The van der Waals surface area contributed by atoms with E-state index < -0.39 is 0 Å². The number of hydrogen-bond acceptors (Lipinski definition) is 0. The Morgan fingerprint density at radius 3 is 1.71 bits per heavy atom. The van der Waals surface area contributed by atoms with E-state index in [0.717, 1.165) is 5.20 Å². The molecule has 0 aliphatic heterocycles. The Kier molecular flexibility index (Phi) is 2.73. The van der Waals surface area contributed by atoms with E-state index in [-0.39, 0.29) is 0 Å². The summed E-state index contributed by atoms with van der Waals surface area (Å²) in [5, 5.41) is 1.06. The second-order valence-corrected chi connectivity index (χ2v) is 2.50. The molecule has 0 aromatic heterocycles. The molecule has 37 valence electrons. The van der Waals surface area contributed by atoms with Gasteiger partial charge in [-0.05, 0) is 26.3 Å². The maximum Gasteiger partial charge on any atom is 0.0764 e. The quantitative estimate of drug-likeness (QED) is 0.327.